The number of nitrogens with zero attached hydrogens (tertiary/aromatic N) is 3. The normalized spacial score (nSPS) is 16.2. The maximum atomic E-state index is 10.8. The van der Waals surface area contributed by atoms with Gasteiger partial charge in [-0.05, 0) is 35.6 Å². The smallest absolute Gasteiger partial charge is 0.486 e. The number of carbonyl (C=O) groups is 1. The lowest BCUT2D eigenvalue weighted by molar-refractivity contribution is 0.0415. The minimum atomic E-state index is -1.22. The van der Waals surface area contributed by atoms with E-state index in [-0.39, 0.29) is 6.10 Å². The third kappa shape index (κ3) is 4.22. The summed E-state index contributed by atoms with van der Waals surface area (Å²) in [6, 6.07) is 5.95. The quantitative estimate of drug-likeness (QED) is 0.550. The highest BCUT2D eigenvalue weighted by molar-refractivity contribution is 7.17. The Bertz CT molecular complexity index is 1140. The number of piperidine rings is 1. The number of aromatic nitrogens is 2. The molecule has 32 heavy (non-hydrogen) atoms. The number of ether oxygens (including phenoxy) is 3. The highest BCUT2D eigenvalue weighted by atomic mass is 32.1. The summed E-state index contributed by atoms with van der Waals surface area (Å²) in [6.07, 6.45) is -0.251. The van der Waals surface area contributed by atoms with Crippen LogP contribution in [0.3, 0.4) is 0 Å². The van der Waals surface area contributed by atoms with Crippen molar-refractivity contribution in [3.05, 3.63) is 34.7 Å². The van der Waals surface area contributed by atoms with Crippen molar-refractivity contribution in [1.82, 2.24) is 9.97 Å². The van der Waals surface area contributed by atoms with Crippen LogP contribution in [0.5, 0.6) is 11.5 Å². The fourth-order valence-electron chi connectivity index (χ4n) is 4.04. The molecule has 0 saturated carbocycles. The van der Waals surface area contributed by atoms with Gasteiger partial charge in [0.15, 0.2) is 11.5 Å². The van der Waals surface area contributed by atoms with Gasteiger partial charge in [0.05, 0.1) is 5.39 Å². The molecule has 0 spiro atoms. The lowest BCUT2D eigenvalue weighted by Gasteiger charge is -2.31. The standard InChI is InChI=1S/C22H24N4O5S/c1-13-12-32-20-18(13)19(23-11-14-2-3-16-17(10-14)30-9-8-29-16)24-21(25-20)26-6-4-15(5-7-26)31-22(27)28/h2-3,10,12,15H,4-9,11H2,1H3,(H,27,28)(H,23,24,25). The van der Waals surface area contributed by atoms with Gasteiger partial charge in [-0.2, -0.15) is 4.98 Å². The molecule has 1 fully saturated rings. The molecular formula is C22H24N4O5S. The van der Waals surface area contributed by atoms with Crippen molar-refractivity contribution in [3.8, 4) is 11.5 Å². The Balaban J connectivity index is 1.36. The highest BCUT2D eigenvalue weighted by Gasteiger charge is 2.25. The van der Waals surface area contributed by atoms with Gasteiger partial charge >= 0.3 is 6.16 Å². The van der Waals surface area contributed by atoms with Crippen molar-refractivity contribution in [2.24, 2.45) is 0 Å². The van der Waals surface area contributed by atoms with Gasteiger partial charge in [0.25, 0.3) is 0 Å². The van der Waals surface area contributed by atoms with Gasteiger partial charge in [0.2, 0.25) is 5.95 Å². The lowest BCUT2D eigenvalue weighted by Crippen LogP contribution is -2.38. The molecule has 0 amide bonds. The average Bonchev–Trinajstić information content (AvgIpc) is 3.18. The van der Waals surface area contributed by atoms with Crippen LogP contribution in [-0.4, -0.2) is 53.6 Å². The minimum Gasteiger partial charge on any atom is -0.486 e. The van der Waals surface area contributed by atoms with Crippen LogP contribution in [0.1, 0.15) is 24.0 Å². The molecule has 2 aliphatic heterocycles. The Hall–Kier alpha value is -3.27. The van der Waals surface area contributed by atoms with Crippen molar-refractivity contribution >= 4 is 39.5 Å². The highest BCUT2D eigenvalue weighted by Crippen LogP contribution is 2.34. The van der Waals surface area contributed by atoms with Crippen molar-refractivity contribution in [3.63, 3.8) is 0 Å². The molecular weight excluding hydrogens is 432 g/mol. The summed E-state index contributed by atoms with van der Waals surface area (Å²) in [5.41, 5.74) is 2.21. The maximum Gasteiger partial charge on any atom is 0.506 e. The number of fused-ring (bicyclic) bond motifs is 2. The minimum absolute atomic E-state index is 0.274. The van der Waals surface area contributed by atoms with Crippen molar-refractivity contribution < 1.29 is 24.1 Å². The Morgan fingerprint density at radius 2 is 2.03 bits per heavy atom. The molecule has 2 aliphatic rings. The van der Waals surface area contributed by atoms with Gasteiger partial charge in [0.1, 0.15) is 30.0 Å². The first-order valence-corrected chi connectivity index (χ1v) is 11.5. The number of hydrogen-bond donors (Lipinski definition) is 2. The molecule has 2 aromatic heterocycles. The maximum absolute atomic E-state index is 10.8. The zero-order valence-corrected chi connectivity index (χ0v) is 18.5. The monoisotopic (exact) mass is 456 g/mol. The lowest BCUT2D eigenvalue weighted by atomic mass is 10.1. The number of rotatable bonds is 5. The van der Waals surface area contributed by atoms with E-state index in [0.29, 0.717) is 51.6 Å². The molecule has 1 aromatic carbocycles. The Morgan fingerprint density at radius 3 is 2.81 bits per heavy atom. The number of benzene rings is 1. The van der Waals surface area contributed by atoms with E-state index in [9.17, 15) is 4.79 Å². The predicted molar refractivity (Wildman–Crippen MR) is 121 cm³/mol. The fraction of sp³-hybridized carbons (Fsp3) is 0.409. The molecule has 0 unspecified atom stereocenters. The Morgan fingerprint density at radius 1 is 1.25 bits per heavy atom. The predicted octanol–water partition coefficient (Wildman–Crippen LogP) is 4.05. The molecule has 5 rings (SSSR count). The van der Waals surface area contributed by atoms with E-state index in [4.69, 9.17) is 29.3 Å². The number of nitrogens with one attached hydrogen (secondary N) is 1. The third-order valence-corrected chi connectivity index (χ3v) is 6.65. The zero-order valence-electron chi connectivity index (χ0n) is 17.7. The van der Waals surface area contributed by atoms with Crippen LogP contribution in [0.2, 0.25) is 0 Å². The number of aryl methyl sites for hydroxylation is 1. The van der Waals surface area contributed by atoms with Gasteiger partial charge in [-0.15, -0.1) is 11.3 Å². The summed E-state index contributed by atoms with van der Waals surface area (Å²) in [5.74, 6) is 2.98. The van der Waals surface area contributed by atoms with E-state index < -0.39 is 6.16 Å². The van der Waals surface area contributed by atoms with E-state index in [1.54, 1.807) is 11.3 Å². The first kappa shape index (κ1) is 20.6. The van der Waals surface area contributed by atoms with Gasteiger partial charge in [-0.3, -0.25) is 0 Å². The first-order valence-electron chi connectivity index (χ1n) is 10.6. The van der Waals surface area contributed by atoms with Crippen LogP contribution >= 0.6 is 11.3 Å². The molecule has 1 saturated heterocycles. The summed E-state index contributed by atoms with van der Waals surface area (Å²) in [7, 11) is 0. The number of hydrogen-bond acceptors (Lipinski definition) is 9. The van der Waals surface area contributed by atoms with Crippen molar-refractivity contribution in [1.29, 1.82) is 0 Å². The van der Waals surface area contributed by atoms with Crippen LogP contribution in [0.25, 0.3) is 10.2 Å². The van der Waals surface area contributed by atoms with Crippen molar-refractivity contribution in [2.45, 2.75) is 32.4 Å². The summed E-state index contributed by atoms with van der Waals surface area (Å²) < 4.78 is 16.2. The summed E-state index contributed by atoms with van der Waals surface area (Å²) >= 11 is 1.60. The number of anilines is 2. The molecule has 3 aromatic rings. The molecule has 4 heterocycles. The molecule has 0 atom stereocenters. The van der Waals surface area contributed by atoms with E-state index in [0.717, 1.165) is 38.7 Å². The summed E-state index contributed by atoms with van der Waals surface area (Å²) in [4.78, 5) is 23.4. The van der Waals surface area contributed by atoms with Gasteiger partial charge < -0.3 is 29.5 Å². The second kappa shape index (κ2) is 8.70. The molecule has 9 nitrogen and oxygen atoms in total. The number of thiophene rings is 1. The molecule has 10 heteroatoms. The van der Waals surface area contributed by atoms with Crippen LogP contribution < -0.4 is 19.7 Å². The van der Waals surface area contributed by atoms with Crippen LogP contribution in [0, 0.1) is 6.92 Å². The first-order chi connectivity index (χ1) is 15.6. The van der Waals surface area contributed by atoms with Crippen LogP contribution in [-0.2, 0) is 11.3 Å². The molecule has 0 radical (unpaired) electrons. The average molecular weight is 457 g/mol. The van der Waals surface area contributed by atoms with E-state index >= 15 is 0 Å². The van der Waals surface area contributed by atoms with E-state index in [1.807, 2.05) is 18.2 Å². The summed E-state index contributed by atoms with van der Waals surface area (Å²) in [6.45, 7) is 5.08. The van der Waals surface area contributed by atoms with Crippen LogP contribution in [0.4, 0.5) is 16.6 Å². The van der Waals surface area contributed by atoms with Gasteiger partial charge in [0, 0.05) is 32.5 Å². The Labute approximate surface area is 188 Å². The van der Waals surface area contributed by atoms with E-state index in [2.05, 4.69) is 22.5 Å². The molecule has 2 N–H and O–H groups in total. The largest absolute Gasteiger partial charge is 0.506 e. The van der Waals surface area contributed by atoms with Crippen molar-refractivity contribution in [2.75, 3.05) is 36.5 Å². The fourth-order valence-corrected chi connectivity index (χ4v) is 4.96. The Kier molecular flexibility index (Phi) is 5.60. The number of carboxylic acid groups (broad SMARTS) is 1. The van der Waals surface area contributed by atoms with Crippen LogP contribution in [0.15, 0.2) is 23.6 Å². The van der Waals surface area contributed by atoms with E-state index in [1.165, 1.54) is 0 Å². The second-order valence-electron chi connectivity index (χ2n) is 7.87. The second-order valence-corrected chi connectivity index (χ2v) is 8.73. The topological polar surface area (TPSA) is 106 Å². The molecule has 0 bridgehead atoms. The van der Waals surface area contributed by atoms with Gasteiger partial charge in [-0.25, -0.2) is 9.78 Å². The molecule has 168 valence electrons. The zero-order chi connectivity index (χ0) is 22.1. The third-order valence-electron chi connectivity index (χ3n) is 5.66. The van der Waals surface area contributed by atoms with Gasteiger partial charge in [-0.1, -0.05) is 6.07 Å². The summed E-state index contributed by atoms with van der Waals surface area (Å²) in [5, 5.41) is 15.4. The molecule has 0 aliphatic carbocycles. The SMILES string of the molecule is Cc1csc2nc(N3CCC(OC(=O)O)CC3)nc(NCc3ccc4c(c3)OCCO4)c12.